The topological polar surface area (TPSA) is 59.8 Å². The molecule has 2 aromatic heterocycles. The molecule has 0 aliphatic rings. The molecule has 0 saturated heterocycles. The van der Waals surface area contributed by atoms with Crippen molar-refractivity contribution < 1.29 is 4.79 Å². The largest absolute Gasteiger partial charge is 0.327 e. The first kappa shape index (κ1) is 18.4. The zero-order valence-electron chi connectivity index (χ0n) is 16.1. The average Bonchev–Trinajstić information content (AvgIpc) is 3.28. The van der Waals surface area contributed by atoms with Gasteiger partial charge in [0.15, 0.2) is 0 Å². The van der Waals surface area contributed by atoms with Gasteiger partial charge in [-0.1, -0.05) is 26.0 Å². The predicted octanol–water partition coefficient (Wildman–Crippen LogP) is 5.00. The molecule has 4 rings (SSSR count). The number of hydrogen-bond donors (Lipinski definition) is 1. The van der Waals surface area contributed by atoms with Crippen LogP contribution in [-0.2, 0) is 18.3 Å². The number of aromatic nitrogens is 3. The first-order valence-electron chi connectivity index (χ1n) is 9.27. The minimum Gasteiger partial charge on any atom is -0.327 e. The molecule has 0 radical (unpaired) electrons. The summed E-state index contributed by atoms with van der Waals surface area (Å²) in [4.78, 5) is 21.6. The van der Waals surface area contributed by atoms with E-state index in [2.05, 4.69) is 34.8 Å². The Balaban J connectivity index is 1.46. The van der Waals surface area contributed by atoms with Crippen LogP contribution in [0.4, 0.5) is 5.69 Å². The number of nitrogens with one attached hydrogen (secondary N) is 1. The van der Waals surface area contributed by atoms with Gasteiger partial charge < -0.3 is 9.88 Å². The maximum Gasteiger partial charge on any atom is 0.230 e. The molecule has 1 amide bonds. The Kier molecular flexibility index (Phi) is 4.96. The predicted molar refractivity (Wildman–Crippen MR) is 115 cm³/mol. The summed E-state index contributed by atoms with van der Waals surface area (Å²) < 4.78 is 2.08. The first-order valence-corrected chi connectivity index (χ1v) is 10.2. The third-order valence-corrected chi connectivity index (χ3v) is 5.81. The van der Waals surface area contributed by atoms with Gasteiger partial charge in [0.2, 0.25) is 5.91 Å². The summed E-state index contributed by atoms with van der Waals surface area (Å²) >= 11 is 1.61. The lowest BCUT2D eigenvalue weighted by Gasteiger charge is -2.06. The van der Waals surface area contributed by atoms with Gasteiger partial charge in [-0.05, 0) is 36.4 Å². The second-order valence-electron chi connectivity index (χ2n) is 7.12. The molecule has 28 heavy (non-hydrogen) atoms. The highest BCUT2D eigenvalue weighted by molar-refractivity contribution is 7.09. The molecular weight excluding hydrogens is 368 g/mol. The van der Waals surface area contributed by atoms with Gasteiger partial charge in [-0.2, -0.15) is 0 Å². The molecule has 0 spiro atoms. The van der Waals surface area contributed by atoms with Gasteiger partial charge >= 0.3 is 0 Å². The van der Waals surface area contributed by atoms with Crippen LogP contribution >= 0.6 is 11.3 Å². The first-order chi connectivity index (χ1) is 13.5. The highest BCUT2D eigenvalue weighted by Crippen LogP contribution is 2.25. The van der Waals surface area contributed by atoms with E-state index in [-0.39, 0.29) is 12.3 Å². The molecule has 0 aliphatic heterocycles. The van der Waals surface area contributed by atoms with Crippen molar-refractivity contribution in [3.8, 4) is 11.4 Å². The fourth-order valence-corrected chi connectivity index (χ4v) is 3.98. The van der Waals surface area contributed by atoms with E-state index in [1.54, 1.807) is 11.3 Å². The SMILES string of the molecule is CC(C)c1nc(CC(=O)Nc2ccc(-c3nc4ccccc4n3C)cc2)cs1. The summed E-state index contributed by atoms with van der Waals surface area (Å²) in [5.74, 6) is 1.23. The molecular formula is C22H22N4OS. The molecule has 0 unspecified atom stereocenters. The molecule has 0 aliphatic carbocycles. The van der Waals surface area contributed by atoms with Crippen LogP contribution in [0, 0.1) is 0 Å². The van der Waals surface area contributed by atoms with E-state index in [9.17, 15) is 4.79 Å². The van der Waals surface area contributed by atoms with Crippen LogP contribution in [0.2, 0.25) is 0 Å². The Morgan fingerprint density at radius 1 is 1.11 bits per heavy atom. The van der Waals surface area contributed by atoms with Gasteiger partial charge in [0.1, 0.15) is 5.82 Å². The Bertz CT molecular complexity index is 1130. The highest BCUT2D eigenvalue weighted by Gasteiger charge is 2.12. The lowest BCUT2D eigenvalue weighted by Crippen LogP contribution is -2.14. The zero-order valence-corrected chi connectivity index (χ0v) is 17.0. The Hall–Kier alpha value is -2.99. The monoisotopic (exact) mass is 390 g/mol. The molecule has 2 heterocycles. The number of fused-ring (bicyclic) bond motifs is 1. The Labute approximate surface area is 168 Å². The van der Waals surface area contributed by atoms with E-state index in [4.69, 9.17) is 4.98 Å². The van der Waals surface area contributed by atoms with E-state index in [0.29, 0.717) is 5.92 Å². The summed E-state index contributed by atoms with van der Waals surface area (Å²) in [5, 5.41) is 5.97. The van der Waals surface area contributed by atoms with Crippen molar-refractivity contribution in [2.24, 2.45) is 7.05 Å². The molecule has 4 aromatic rings. The van der Waals surface area contributed by atoms with Gasteiger partial charge in [0, 0.05) is 29.6 Å². The molecule has 6 heteroatoms. The number of aryl methyl sites for hydroxylation is 1. The van der Waals surface area contributed by atoms with E-state index in [0.717, 1.165) is 38.8 Å². The second-order valence-corrected chi connectivity index (χ2v) is 8.01. The lowest BCUT2D eigenvalue weighted by molar-refractivity contribution is -0.115. The smallest absolute Gasteiger partial charge is 0.230 e. The number of imidazole rings is 1. The van der Waals surface area contributed by atoms with Gasteiger partial charge in [-0.15, -0.1) is 11.3 Å². The van der Waals surface area contributed by atoms with Crippen molar-refractivity contribution in [3.05, 3.63) is 64.6 Å². The molecule has 142 valence electrons. The van der Waals surface area contributed by atoms with Crippen LogP contribution in [0.1, 0.15) is 30.5 Å². The lowest BCUT2D eigenvalue weighted by atomic mass is 10.2. The number of thiazole rings is 1. The molecule has 5 nitrogen and oxygen atoms in total. The van der Waals surface area contributed by atoms with Gasteiger partial charge in [0.25, 0.3) is 0 Å². The number of para-hydroxylation sites is 2. The Morgan fingerprint density at radius 3 is 2.54 bits per heavy atom. The average molecular weight is 391 g/mol. The molecule has 0 fully saturated rings. The van der Waals surface area contributed by atoms with E-state index in [1.165, 1.54) is 0 Å². The van der Waals surface area contributed by atoms with Crippen molar-refractivity contribution >= 4 is 34.0 Å². The van der Waals surface area contributed by atoms with E-state index >= 15 is 0 Å². The molecule has 2 aromatic carbocycles. The summed E-state index contributed by atoms with van der Waals surface area (Å²) in [6, 6.07) is 15.9. The third-order valence-electron chi connectivity index (χ3n) is 4.62. The number of anilines is 1. The number of hydrogen-bond acceptors (Lipinski definition) is 4. The second kappa shape index (κ2) is 7.56. The summed E-state index contributed by atoms with van der Waals surface area (Å²) in [6.45, 7) is 4.21. The van der Waals surface area contributed by atoms with Crippen LogP contribution in [-0.4, -0.2) is 20.4 Å². The number of carbonyl (C=O) groups excluding carboxylic acids is 1. The van der Waals surface area contributed by atoms with Gasteiger partial charge in [-0.25, -0.2) is 9.97 Å². The van der Waals surface area contributed by atoms with E-state index < -0.39 is 0 Å². The Morgan fingerprint density at radius 2 is 1.86 bits per heavy atom. The van der Waals surface area contributed by atoms with Crippen molar-refractivity contribution in [1.82, 2.24) is 14.5 Å². The summed E-state index contributed by atoms with van der Waals surface area (Å²) in [6.07, 6.45) is 0.287. The van der Waals surface area contributed by atoms with Crippen molar-refractivity contribution in [3.63, 3.8) is 0 Å². The number of rotatable bonds is 5. The quantitative estimate of drug-likeness (QED) is 0.521. The van der Waals surface area contributed by atoms with Crippen LogP contribution in [0.25, 0.3) is 22.4 Å². The molecule has 0 saturated carbocycles. The van der Waals surface area contributed by atoms with Crippen LogP contribution in [0.5, 0.6) is 0 Å². The zero-order chi connectivity index (χ0) is 19.7. The number of nitrogens with zero attached hydrogens (tertiary/aromatic N) is 3. The molecule has 0 atom stereocenters. The standard InChI is InChI=1S/C22H22N4OS/c1-14(2)22-24-17(13-28-22)12-20(27)23-16-10-8-15(9-11-16)21-25-18-6-4-5-7-19(18)26(21)3/h4-11,13-14H,12H2,1-3H3,(H,23,27). The normalized spacial score (nSPS) is 11.3. The van der Waals surface area contributed by atoms with Crippen molar-refractivity contribution in [2.75, 3.05) is 5.32 Å². The van der Waals surface area contributed by atoms with Gasteiger partial charge in [-0.3, -0.25) is 4.79 Å². The third kappa shape index (κ3) is 3.68. The summed E-state index contributed by atoms with van der Waals surface area (Å²) in [7, 11) is 2.01. The number of amides is 1. The van der Waals surface area contributed by atoms with Crippen LogP contribution in [0.15, 0.2) is 53.9 Å². The maximum atomic E-state index is 12.3. The number of carbonyl (C=O) groups is 1. The van der Waals surface area contributed by atoms with Gasteiger partial charge in [0.05, 0.1) is 28.2 Å². The fourth-order valence-electron chi connectivity index (χ4n) is 3.15. The minimum absolute atomic E-state index is 0.0592. The van der Waals surface area contributed by atoms with Crippen LogP contribution in [0.3, 0.4) is 0 Å². The highest BCUT2D eigenvalue weighted by atomic mass is 32.1. The fraction of sp³-hybridized carbons (Fsp3) is 0.227. The van der Waals surface area contributed by atoms with Crippen molar-refractivity contribution in [2.45, 2.75) is 26.2 Å². The number of benzene rings is 2. The minimum atomic E-state index is -0.0592. The van der Waals surface area contributed by atoms with Crippen LogP contribution < -0.4 is 5.32 Å². The summed E-state index contributed by atoms with van der Waals surface area (Å²) in [5.41, 5.74) is 4.67. The van der Waals surface area contributed by atoms with Crippen molar-refractivity contribution in [1.29, 1.82) is 0 Å². The molecule has 0 bridgehead atoms. The van der Waals surface area contributed by atoms with E-state index in [1.807, 2.05) is 54.9 Å². The molecule has 1 N–H and O–H groups in total. The maximum absolute atomic E-state index is 12.3.